The maximum absolute atomic E-state index is 17.2. The summed E-state index contributed by atoms with van der Waals surface area (Å²) < 4.78 is 22.5. The Morgan fingerprint density at radius 1 is 1.23 bits per heavy atom. The standard InChI is InChI=1S/C28H38ClFO5/c1-5-6-7-8-24(34)35-15-22(32)25-16(2)11-18-19-13-21(29)20-12-17(31)9-10-27(20,4)28(19,30)23(33)14-26(18,25)3/h9-10,12,16,18-19,21,23,25,33H,5-8,11,13-15H2,1-4H3/t16-,18+,19+,21+,23+,25-,26+,27+,28?/m1/s1. The van der Waals surface area contributed by atoms with Gasteiger partial charge in [0.05, 0.1) is 11.5 Å². The Bertz CT molecular complexity index is 961. The highest BCUT2D eigenvalue weighted by Crippen LogP contribution is 2.70. The second-order valence-electron chi connectivity index (χ2n) is 11.7. The first-order valence-electron chi connectivity index (χ1n) is 13.0. The number of allylic oxidation sites excluding steroid dienone is 4. The molecule has 0 spiro atoms. The SMILES string of the molecule is CCCCCC(=O)OCC(=O)[C@H]1[C@H](C)C[C@H]2[C@@H]3C[C@H](Cl)C4=CC(=O)C=C[C@]4(C)C3(F)[C@@H](O)C[C@@]21C. The Hall–Kier alpha value is -1.53. The van der Waals surface area contributed by atoms with Crippen molar-refractivity contribution in [3.05, 3.63) is 23.8 Å². The highest BCUT2D eigenvalue weighted by Gasteiger charge is 2.72. The minimum absolute atomic E-state index is 0.0344. The van der Waals surface area contributed by atoms with Crippen LogP contribution in [-0.4, -0.2) is 46.4 Å². The summed E-state index contributed by atoms with van der Waals surface area (Å²) in [6, 6.07) is 0. The van der Waals surface area contributed by atoms with E-state index in [-0.39, 0.29) is 42.4 Å². The zero-order valence-corrected chi connectivity index (χ0v) is 21.9. The van der Waals surface area contributed by atoms with Gasteiger partial charge in [-0.3, -0.25) is 14.4 Å². The molecular weight excluding hydrogens is 471 g/mol. The molecule has 0 aromatic rings. The first kappa shape index (κ1) is 26.5. The Morgan fingerprint density at radius 3 is 2.63 bits per heavy atom. The number of hydrogen-bond donors (Lipinski definition) is 1. The van der Waals surface area contributed by atoms with Gasteiger partial charge in [0, 0.05) is 23.7 Å². The number of carbonyl (C=O) groups is 3. The van der Waals surface area contributed by atoms with Crippen LogP contribution in [0, 0.1) is 34.5 Å². The van der Waals surface area contributed by atoms with E-state index in [1.807, 2.05) is 13.8 Å². The first-order chi connectivity index (χ1) is 16.4. The molecule has 7 heteroatoms. The van der Waals surface area contributed by atoms with Crippen molar-refractivity contribution in [2.75, 3.05) is 6.61 Å². The lowest BCUT2D eigenvalue weighted by atomic mass is 9.45. The molecule has 5 nitrogen and oxygen atoms in total. The van der Waals surface area contributed by atoms with E-state index in [0.717, 1.165) is 19.3 Å². The highest BCUT2D eigenvalue weighted by atomic mass is 35.5. The highest BCUT2D eigenvalue weighted by molar-refractivity contribution is 6.23. The van der Waals surface area contributed by atoms with Gasteiger partial charge in [-0.05, 0) is 67.6 Å². The predicted molar refractivity (Wildman–Crippen MR) is 132 cm³/mol. The number of ketones is 2. The van der Waals surface area contributed by atoms with E-state index in [0.29, 0.717) is 24.8 Å². The number of halogens is 2. The molecule has 0 saturated heterocycles. The average molecular weight is 509 g/mol. The minimum atomic E-state index is -1.99. The summed E-state index contributed by atoms with van der Waals surface area (Å²) in [5, 5.41) is 10.9. The smallest absolute Gasteiger partial charge is 0.306 e. The van der Waals surface area contributed by atoms with Gasteiger partial charge in [-0.25, -0.2) is 4.39 Å². The summed E-state index contributed by atoms with van der Waals surface area (Å²) in [5.74, 6) is -1.93. The van der Waals surface area contributed by atoms with Gasteiger partial charge in [0.1, 0.15) is 6.61 Å². The quantitative estimate of drug-likeness (QED) is 0.293. The molecule has 0 bridgehead atoms. The molecule has 1 N–H and O–H groups in total. The number of fused-ring (bicyclic) bond motifs is 5. The van der Waals surface area contributed by atoms with Crippen LogP contribution in [0.3, 0.4) is 0 Å². The van der Waals surface area contributed by atoms with Gasteiger partial charge in [-0.15, -0.1) is 11.6 Å². The second kappa shape index (κ2) is 9.41. The fraction of sp³-hybridized carbons (Fsp3) is 0.750. The first-order valence-corrected chi connectivity index (χ1v) is 13.5. The van der Waals surface area contributed by atoms with Gasteiger partial charge in [0.25, 0.3) is 0 Å². The summed E-state index contributed by atoms with van der Waals surface area (Å²) >= 11 is 6.76. The molecule has 0 amide bonds. The summed E-state index contributed by atoms with van der Waals surface area (Å²) in [4.78, 5) is 37.5. The van der Waals surface area contributed by atoms with E-state index in [9.17, 15) is 19.5 Å². The zero-order chi connectivity index (χ0) is 25.8. The molecule has 0 heterocycles. The number of aliphatic hydroxyl groups excluding tert-OH is 1. The van der Waals surface area contributed by atoms with Crippen LogP contribution in [0.5, 0.6) is 0 Å². The Balaban J connectivity index is 1.59. The Kier molecular flexibility index (Phi) is 7.13. The molecule has 1 unspecified atom stereocenters. The minimum Gasteiger partial charge on any atom is -0.458 e. The van der Waals surface area contributed by atoms with Crippen LogP contribution in [0.15, 0.2) is 23.8 Å². The van der Waals surface area contributed by atoms with Crippen molar-refractivity contribution in [2.45, 2.75) is 89.8 Å². The molecule has 3 fully saturated rings. The molecule has 9 atom stereocenters. The van der Waals surface area contributed by atoms with Gasteiger partial charge in [-0.1, -0.05) is 39.7 Å². The van der Waals surface area contributed by atoms with Crippen LogP contribution in [0.2, 0.25) is 0 Å². The zero-order valence-electron chi connectivity index (χ0n) is 21.2. The van der Waals surface area contributed by atoms with E-state index in [1.54, 1.807) is 13.0 Å². The van der Waals surface area contributed by atoms with Crippen molar-refractivity contribution in [1.82, 2.24) is 0 Å². The summed E-state index contributed by atoms with van der Waals surface area (Å²) in [7, 11) is 0. The Morgan fingerprint density at radius 2 is 1.94 bits per heavy atom. The van der Waals surface area contributed by atoms with Gasteiger partial charge < -0.3 is 9.84 Å². The molecule has 3 saturated carbocycles. The van der Waals surface area contributed by atoms with Crippen LogP contribution < -0.4 is 0 Å². The molecule has 0 aromatic heterocycles. The summed E-state index contributed by atoms with van der Waals surface area (Å²) in [6.45, 7) is 7.48. The molecule has 4 aliphatic rings. The van der Waals surface area contributed by atoms with Gasteiger partial charge in [0.2, 0.25) is 0 Å². The van der Waals surface area contributed by atoms with E-state index >= 15 is 4.39 Å². The molecule has 0 aromatic carbocycles. The fourth-order valence-corrected chi connectivity index (χ4v) is 8.57. The van der Waals surface area contributed by atoms with Crippen molar-refractivity contribution < 1.29 is 28.6 Å². The number of Topliss-reactive ketones (excluding diaryl/α,β-unsaturated/α-hetero) is 1. The molecule has 35 heavy (non-hydrogen) atoms. The molecule has 4 aliphatic carbocycles. The number of aliphatic hydroxyl groups is 1. The van der Waals surface area contributed by atoms with E-state index in [4.69, 9.17) is 16.3 Å². The van der Waals surface area contributed by atoms with Crippen molar-refractivity contribution >= 4 is 29.1 Å². The van der Waals surface area contributed by atoms with Gasteiger partial charge in [0.15, 0.2) is 17.2 Å². The lowest BCUT2D eigenvalue weighted by molar-refractivity contribution is -0.195. The lowest BCUT2D eigenvalue weighted by Gasteiger charge is -2.62. The van der Waals surface area contributed by atoms with Crippen molar-refractivity contribution in [2.24, 2.45) is 34.5 Å². The maximum atomic E-state index is 17.2. The van der Waals surface area contributed by atoms with E-state index < -0.39 is 39.8 Å². The molecular formula is C28H38ClFO5. The van der Waals surface area contributed by atoms with Crippen LogP contribution in [-0.2, 0) is 19.1 Å². The number of rotatable bonds is 7. The number of hydrogen-bond acceptors (Lipinski definition) is 5. The number of carbonyl (C=O) groups excluding carboxylic acids is 3. The third-order valence-electron chi connectivity index (χ3n) is 9.68. The monoisotopic (exact) mass is 508 g/mol. The maximum Gasteiger partial charge on any atom is 0.306 e. The van der Waals surface area contributed by atoms with Crippen LogP contribution in [0.1, 0.15) is 72.6 Å². The van der Waals surface area contributed by atoms with Crippen LogP contribution >= 0.6 is 11.6 Å². The van der Waals surface area contributed by atoms with Crippen LogP contribution in [0.4, 0.5) is 4.39 Å². The molecule has 4 rings (SSSR count). The van der Waals surface area contributed by atoms with Crippen molar-refractivity contribution in [3.63, 3.8) is 0 Å². The largest absolute Gasteiger partial charge is 0.458 e. The van der Waals surface area contributed by atoms with Crippen molar-refractivity contribution in [3.8, 4) is 0 Å². The number of unbranched alkanes of at least 4 members (excludes halogenated alkanes) is 2. The Labute approximate surface area is 212 Å². The molecule has 0 radical (unpaired) electrons. The van der Waals surface area contributed by atoms with E-state index in [2.05, 4.69) is 6.92 Å². The van der Waals surface area contributed by atoms with Gasteiger partial charge >= 0.3 is 5.97 Å². The summed E-state index contributed by atoms with van der Waals surface area (Å²) in [5.41, 5.74) is -3.28. The topological polar surface area (TPSA) is 80.7 Å². The number of alkyl halides is 2. The average Bonchev–Trinajstić information content (AvgIpc) is 3.05. The predicted octanol–water partition coefficient (Wildman–Crippen LogP) is 5.13. The molecule has 194 valence electrons. The number of ether oxygens (including phenoxy) is 1. The van der Waals surface area contributed by atoms with Crippen LogP contribution in [0.25, 0.3) is 0 Å². The third kappa shape index (κ3) is 4.03. The summed E-state index contributed by atoms with van der Waals surface area (Å²) in [6.07, 6.45) is 7.11. The van der Waals surface area contributed by atoms with Gasteiger partial charge in [-0.2, -0.15) is 0 Å². The van der Waals surface area contributed by atoms with E-state index in [1.165, 1.54) is 12.2 Å². The normalized spacial score (nSPS) is 44.2. The lowest BCUT2D eigenvalue weighted by Crippen LogP contribution is -2.68. The van der Waals surface area contributed by atoms with Crippen molar-refractivity contribution in [1.29, 1.82) is 0 Å². The molecule has 0 aliphatic heterocycles. The number of esters is 1. The fourth-order valence-electron chi connectivity index (χ4n) is 8.09. The third-order valence-corrected chi connectivity index (χ3v) is 10.1. The second-order valence-corrected chi connectivity index (χ2v) is 12.2.